The second kappa shape index (κ2) is 4.55. The maximum absolute atomic E-state index is 12.4. The Hall–Kier alpha value is -1.07. The molecular formula is C13H19NO3S. The molecule has 1 aliphatic rings. The van der Waals surface area contributed by atoms with E-state index in [9.17, 15) is 13.5 Å². The van der Waals surface area contributed by atoms with Gasteiger partial charge < -0.3 is 5.11 Å². The SMILES string of the molecule is CC1(C)CCCN(S(=O)(=O)c2cccc(O)c2)C1. The maximum atomic E-state index is 12.4. The second-order valence-electron chi connectivity index (χ2n) is 5.60. The van der Waals surface area contributed by atoms with Gasteiger partial charge in [-0.2, -0.15) is 4.31 Å². The summed E-state index contributed by atoms with van der Waals surface area (Å²) in [5.74, 6) is -0.0210. The summed E-state index contributed by atoms with van der Waals surface area (Å²) in [4.78, 5) is 0.167. The molecule has 2 rings (SSSR count). The molecule has 4 nitrogen and oxygen atoms in total. The summed E-state index contributed by atoms with van der Waals surface area (Å²) in [6, 6.07) is 5.85. The standard InChI is InChI=1S/C13H19NO3S/c1-13(2)7-4-8-14(10-13)18(16,17)12-6-3-5-11(15)9-12/h3,5-6,9,15H,4,7-8,10H2,1-2H3. The summed E-state index contributed by atoms with van der Waals surface area (Å²) in [5.41, 5.74) is 0.0160. The van der Waals surface area contributed by atoms with Crippen LogP contribution in [0.15, 0.2) is 29.2 Å². The zero-order valence-corrected chi connectivity index (χ0v) is 11.6. The fraction of sp³-hybridized carbons (Fsp3) is 0.538. The number of phenolic OH excluding ortho intramolecular Hbond substituents is 1. The Labute approximate surface area is 108 Å². The highest BCUT2D eigenvalue weighted by Gasteiger charge is 2.34. The fourth-order valence-electron chi connectivity index (χ4n) is 2.37. The van der Waals surface area contributed by atoms with Gasteiger partial charge in [-0.25, -0.2) is 8.42 Å². The van der Waals surface area contributed by atoms with Gasteiger partial charge in [-0.05, 0) is 36.5 Å². The fourth-order valence-corrected chi connectivity index (χ4v) is 4.07. The van der Waals surface area contributed by atoms with Gasteiger partial charge in [0.15, 0.2) is 0 Å². The van der Waals surface area contributed by atoms with Crippen molar-refractivity contribution in [3.8, 4) is 5.75 Å². The van der Waals surface area contributed by atoms with E-state index in [4.69, 9.17) is 0 Å². The van der Waals surface area contributed by atoms with Gasteiger partial charge in [0, 0.05) is 13.1 Å². The molecule has 0 aromatic heterocycles. The summed E-state index contributed by atoms with van der Waals surface area (Å²) >= 11 is 0. The Kier molecular flexibility index (Phi) is 3.38. The summed E-state index contributed by atoms with van der Waals surface area (Å²) in [6.07, 6.45) is 1.92. The minimum absolute atomic E-state index is 0.0160. The van der Waals surface area contributed by atoms with Crippen LogP contribution in [0, 0.1) is 5.41 Å². The zero-order chi connectivity index (χ0) is 13.4. The Bertz CT molecular complexity index is 537. The molecular weight excluding hydrogens is 250 g/mol. The van der Waals surface area contributed by atoms with Gasteiger partial charge in [-0.3, -0.25) is 0 Å². The molecule has 0 atom stereocenters. The highest BCUT2D eigenvalue weighted by atomic mass is 32.2. The smallest absolute Gasteiger partial charge is 0.243 e. The lowest BCUT2D eigenvalue weighted by Crippen LogP contribution is -2.43. The van der Waals surface area contributed by atoms with Crippen LogP contribution in [-0.2, 0) is 10.0 Å². The Morgan fingerprint density at radius 1 is 1.33 bits per heavy atom. The molecule has 0 unspecified atom stereocenters. The van der Waals surface area contributed by atoms with Gasteiger partial charge in [0.25, 0.3) is 0 Å². The van der Waals surface area contributed by atoms with E-state index in [0.717, 1.165) is 12.8 Å². The predicted octanol–water partition coefficient (Wildman–Crippen LogP) is 2.20. The van der Waals surface area contributed by atoms with E-state index < -0.39 is 10.0 Å². The summed E-state index contributed by atoms with van der Waals surface area (Å²) in [7, 11) is -3.48. The first-order valence-corrected chi connectivity index (χ1v) is 7.54. The number of aromatic hydroxyl groups is 1. The molecule has 0 aliphatic carbocycles. The van der Waals surface area contributed by atoms with Crippen molar-refractivity contribution in [1.29, 1.82) is 0 Å². The van der Waals surface area contributed by atoms with Crippen LogP contribution < -0.4 is 0 Å². The molecule has 0 bridgehead atoms. The number of phenols is 1. The minimum atomic E-state index is -3.48. The molecule has 0 spiro atoms. The first-order chi connectivity index (χ1) is 8.31. The van der Waals surface area contributed by atoms with E-state index in [2.05, 4.69) is 13.8 Å². The lowest BCUT2D eigenvalue weighted by molar-refractivity contribution is 0.187. The number of rotatable bonds is 2. The number of hydrogen-bond donors (Lipinski definition) is 1. The molecule has 1 N–H and O–H groups in total. The first kappa shape index (κ1) is 13.4. The lowest BCUT2D eigenvalue weighted by Gasteiger charge is -2.37. The van der Waals surface area contributed by atoms with Gasteiger partial charge >= 0.3 is 0 Å². The van der Waals surface area contributed by atoms with Crippen molar-refractivity contribution >= 4 is 10.0 Å². The number of hydrogen-bond acceptors (Lipinski definition) is 3. The monoisotopic (exact) mass is 269 g/mol. The van der Waals surface area contributed by atoms with Crippen molar-refractivity contribution in [3.63, 3.8) is 0 Å². The Morgan fingerprint density at radius 2 is 2.06 bits per heavy atom. The highest BCUT2D eigenvalue weighted by Crippen LogP contribution is 2.32. The Balaban J connectivity index is 2.31. The van der Waals surface area contributed by atoms with Crippen LogP contribution in [0.2, 0.25) is 0 Å². The zero-order valence-electron chi connectivity index (χ0n) is 10.8. The maximum Gasteiger partial charge on any atom is 0.243 e. The molecule has 0 radical (unpaired) electrons. The van der Waals surface area contributed by atoms with Crippen LogP contribution in [0.25, 0.3) is 0 Å². The van der Waals surface area contributed by atoms with Crippen molar-refractivity contribution in [2.75, 3.05) is 13.1 Å². The van der Waals surface area contributed by atoms with Crippen molar-refractivity contribution in [2.24, 2.45) is 5.41 Å². The molecule has 5 heteroatoms. The van der Waals surface area contributed by atoms with Crippen molar-refractivity contribution in [3.05, 3.63) is 24.3 Å². The number of benzene rings is 1. The molecule has 1 fully saturated rings. The minimum Gasteiger partial charge on any atom is -0.508 e. The van der Waals surface area contributed by atoms with Crippen molar-refractivity contribution < 1.29 is 13.5 Å². The van der Waals surface area contributed by atoms with E-state index in [1.807, 2.05) is 0 Å². The third-order valence-corrected chi connectivity index (χ3v) is 5.16. The lowest BCUT2D eigenvalue weighted by atomic mass is 9.85. The molecule has 1 aromatic rings. The summed E-state index contributed by atoms with van der Waals surface area (Å²) < 4.78 is 26.4. The summed E-state index contributed by atoms with van der Waals surface area (Å²) in [5, 5.41) is 9.39. The molecule has 0 saturated carbocycles. The number of nitrogens with zero attached hydrogens (tertiary/aromatic N) is 1. The number of piperidine rings is 1. The average Bonchev–Trinajstić information content (AvgIpc) is 2.27. The van der Waals surface area contributed by atoms with Crippen LogP contribution in [-0.4, -0.2) is 30.9 Å². The van der Waals surface area contributed by atoms with Gasteiger partial charge in [0.2, 0.25) is 10.0 Å². The quantitative estimate of drug-likeness (QED) is 0.895. The van der Waals surface area contributed by atoms with Gasteiger partial charge in [0.1, 0.15) is 5.75 Å². The van der Waals surface area contributed by atoms with Crippen molar-refractivity contribution in [1.82, 2.24) is 4.31 Å². The molecule has 1 heterocycles. The topological polar surface area (TPSA) is 57.6 Å². The van der Waals surface area contributed by atoms with Crippen LogP contribution in [0.3, 0.4) is 0 Å². The predicted molar refractivity (Wildman–Crippen MR) is 69.9 cm³/mol. The molecule has 100 valence electrons. The number of sulfonamides is 1. The van der Waals surface area contributed by atoms with Gasteiger partial charge in [0.05, 0.1) is 4.90 Å². The van der Waals surface area contributed by atoms with Crippen LogP contribution >= 0.6 is 0 Å². The molecule has 1 aromatic carbocycles. The van der Waals surface area contributed by atoms with Crippen LogP contribution in [0.4, 0.5) is 0 Å². The first-order valence-electron chi connectivity index (χ1n) is 6.10. The average molecular weight is 269 g/mol. The molecule has 18 heavy (non-hydrogen) atoms. The van der Waals surface area contributed by atoms with Crippen LogP contribution in [0.5, 0.6) is 5.75 Å². The van der Waals surface area contributed by atoms with Crippen LogP contribution in [0.1, 0.15) is 26.7 Å². The van der Waals surface area contributed by atoms with E-state index in [0.29, 0.717) is 13.1 Å². The summed E-state index contributed by atoms with van der Waals surface area (Å²) in [6.45, 7) is 5.25. The van der Waals surface area contributed by atoms with E-state index in [1.165, 1.54) is 22.5 Å². The second-order valence-corrected chi connectivity index (χ2v) is 7.54. The van der Waals surface area contributed by atoms with E-state index in [-0.39, 0.29) is 16.1 Å². The molecule has 1 saturated heterocycles. The highest BCUT2D eigenvalue weighted by molar-refractivity contribution is 7.89. The molecule has 1 aliphatic heterocycles. The Morgan fingerprint density at radius 3 is 2.67 bits per heavy atom. The largest absolute Gasteiger partial charge is 0.508 e. The van der Waals surface area contributed by atoms with Gasteiger partial charge in [-0.1, -0.05) is 19.9 Å². The van der Waals surface area contributed by atoms with E-state index in [1.54, 1.807) is 6.07 Å². The molecule has 0 amide bonds. The third kappa shape index (κ3) is 2.67. The van der Waals surface area contributed by atoms with E-state index >= 15 is 0 Å². The van der Waals surface area contributed by atoms with Crippen molar-refractivity contribution in [2.45, 2.75) is 31.6 Å². The third-order valence-electron chi connectivity index (χ3n) is 3.32. The van der Waals surface area contributed by atoms with Gasteiger partial charge in [-0.15, -0.1) is 0 Å². The normalized spacial score (nSPS) is 20.8.